The number of aryl methyl sites for hydroxylation is 1. The number of hydrogen-bond acceptors (Lipinski definition) is 2. The Kier molecular flexibility index (Phi) is 5.13. The molecule has 0 aromatic heterocycles. The summed E-state index contributed by atoms with van der Waals surface area (Å²) in [5.41, 5.74) is 2.76. The third-order valence-corrected chi connectivity index (χ3v) is 3.42. The zero-order chi connectivity index (χ0) is 15.4. The number of carbonyl (C=O) groups is 2. The van der Waals surface area contributed by atoms with E-state index < -0.39 is 18.0 Å². The van der Waals surface area contributed by atoms with Gasteiger partial charge in [-0.15, -0.1) is 0 Å². The second-order valence-electron chi connectivity index (χ2n) is 5.25. The van der Waals surface area contributed by atoms with Crippen LogP contribution in [0.2, 0.25) is 0 Å². The summed E-state index contributed by atoms with van der Waals surface area (Å²) >= 11 is 0. The van der Waals surface area contributed by atoms with Gasteiger partial charge in [-0.25, -0.2) is 9.59 Å². The van der Waals surface area contributed by atoms with Crippen molar-refractivity contribution in [3.8, 4) is 0 Å². The third kappa shape index (κ3) is 3.50. The minimum Gasteiger partial charge on any atom is -0.480 e. The third-order valence-electron chi connectivity index (χ3n) is 3.42. The van der Waals surface area contributed by atoms with Crippen molar-refractivity contribution < 1.29 is 14.7 Å². The maximum absolute atomic E-state index is 12.1. The minimum atomic E-state index is -1.03. The number of benzene rings is 1. The van der Waals surface area contributed by atoms with Crippen molar-refractivity contribution in [3.05, 3.63) is 29.3 Å². The van der Waals surface area contributed by atoms with Gasteiger partial charge in [0.25, 0.3) is 0 Å². The van der Waals surface area contributed by atoms with Crippen molar-refractivity contribution in [2.45, 2.75) is 39.7 Å². The van der Waals surface area contributed by atoms with E-state index in [-0.39, 0.29) is 5.92 Å². The number of amides is 2. The predicted molar refractivity (Wildman–Crippen MR) is 79.1 cm³/mol. The highest BCUT2D eigenvalue weighted by molar-refractivity contribution is 5.93. The zero-order valence-electron chi connectivity index (χ0n) is 12.6. The molecule has 1 rings (SSSR count). The first-order valence-electron chi connectivity index (χ1n) is 6.61. The van der Waals surface area contributed by atoms with Crippen LogP contribution < -0.4 is 5.32 Å². The first kappa shape index (κ1) is 16.0. The molecule has 0 aliphatic heterocycles. The summed E-state index contributed by atoms with van der Waals surface area (Å²) in [4.78, 5) is 24.2. The van der Waals surface area contributed by atoms with Crippen LogP contribution in [0.5, 0.6) is 0 Å². The fraction of sp³-hybridized carbons (Fsp3) is 0.467. The highest BCUT2D eigenvalue weighted by atomic mass is 16.4. The van der Waals surface area contributed by atoms with E-state index in [4.69, 9.17) is 5.11 Å². The average Bonchev–Trinajstić information content (AvgIpc) is 2.38. The van der Waals surface area contributed by atoms with E-state index in [1.807, 2.05) is 39.0 Å². The van der Waals surface area contributed by atoms with Crippen LogP contribution in [0, 0.1) is 6.92 Å². The SMILES string of the molecule is Cc1cccc(C(C)C)c1NC(=O)N(C)C(C)C(=O)O. The minimum absolute atomic E-state index is 0.271. The largest absolute Gasteiger partial charge is 0.480 e. The zero-order valence-corrected chi connectivity index (χ0v) is 12.6. The normalized spacial score (nSPS) is 12.1. The lowest BCUT2D eigenvalue weighted by Crippen LogP contribution is -2.42. The Morgan fingerprint density at radius 2 is 1.85 bits per heavy atom. The number of urea groups is 1. The van der Waals surface area contributed by atoms with Gasteiger partial charge in [0, 0.05) is 12.7 Å². The summed E-state index contributed by atoms with van der Waals surface area (Å²) in [6, 6.07) is 4.54. The van der Waals surface area contributed by atoms with E-state index in [9.17, 15) is 9.59 Å². The number of rotatable bonds is 4. The molecule has 5 nitrogen and oxygen atoms in total. The molecule has 20 heavy (non-hydrogen) atoms. The molecule has 0 fully saturated rings. The summed E-state index contributed by atoms with van der Waals surface area (Å²) in [5, 5.41) is 11.8. The summed E-state index contributed by atoms with van der Waals surface area (Å²) in [6.45, 7) is 7.49. The Bertz CT molecular complexity index is 512. The second-order valence-corrected chi connectivity index (χ2v) is 5.25. The predicted octanol–water partition coefficient (Wildman–Crippen LogP) is 3.06. The van der Waals surface area contributed by atoms with Crippen molar-refractivity contribution in [1.82, 2.24) is 4.90 Å². The van der Waals surface area contributed by atoms with Crippen molar-refractivity contribution >= 4 is 17.7 Å². The fourth-order valence-corrected chi connectivity index (χ4v) is 1.88. The number of likely N-dealkylation sites (N-methyl/N-ethyl adjacent to an activating group) is 1. The Morgan fingerprint density at radius 3 is 2.35 bits per heavy atom. The monoisotopic (exact) mass is 278 g/mol. The molecule has 0 radical (unpaired) electrons. The van der Waals surface area contributed by atoms with Crippen molar-refractivity contribution in [2.24, 2.45) is 0 Å². The maximum atomic E-state index is 12.1. The molecule has 5 heteroatoms. The van der Waals surface area contributed by atoms with Crippen molar-refractivity contribution in [3.63, 3.8) is 0 Å². The van der Waals surface area contributed by atoms with Crippen molar-refractivity contribution in [2.75, 3.05) is 12.4 Å². The lowest BCUT2D eigenvalue weighted by atomic mass is 9.98. The van der Waals surface area contributed by atoms with Crippen LogP contribution in [-0.4, -0.2) is 35.1 Å². The number of carboxylic acids is 1. The highest BCUT2D eigenvalue weighted by Crippen LogP contribution is 2.27. The van der Waals surface area contributed by atoms with Crippen LogP contribution in [0.15, 0.2) is 18.2 Å². The summed E-state index contributed by atoms with van der Waals surface area (Å²) in [6.07, 6.45) is 0. The standard InChI is InChI=1S/C15H22N2O3/c1-9(2)12-8-6-7-10(3)13(12)16-15(20)17(5)11(4)14(18)19/h6-9,11H,1-5H3,(H,16,20)(H,18,19). The average molecular weight is 278 g/mol. The molecule has 2 N–H and O–H groups in total. The van der Waals surface area contributed by atoms with Gasteiger partial charge < -0.3 is 15.3 Å². The molecule has 110 valence electrons. The lowest BCUT2D eigenvalue weighted by Gasteiger charge is -2.24. The summed E-state index contributed by atoms with van der Waals surface area (Å²) in [5.74, 6) is -0.760. The Hall–Kier alpha value is -2.04. The smallest absolute Gasteiger partial charge is 0.326 e. The van der Waals surface area contributed by atoms with Gasteiger partial charge in [0.1, 0.15) is 6.04 Å². The molecule has 0 saturated carbocycles. The van der Waals surface area contributed by atoms with Gasteiger partial charge in [0.15, 0.2) is 0 Å². The maximum Gasteiger partial charge on any atom is 0.326 e. The molecule has 0 spiro atoms. The van der Waals surface area contributed by atoms with Gasteiger partial charge in [-0.2, -0.15) is 0 Å². The second kappa shape index (κ2) is 6.41. The molecule has 1 unspecified atom stereocenters. The van der Waals surface area contributed by atoms with Crippen LogP contribution in [0.4, 0.5) is 10.5 Å². The van der Waals surface area contributed by atoms with Gasteiger partial charge in [0.05, 0.1) is 0 Å². The summed E-state index contributed by atoms with van der Waals surface area (Å²) in [7, 11) is 1.47. The number of nitrogens with one attached hydrogen (secondary N) is 1. The first-order valence-corrected chi connectivity index (χ1v) is 6.61. The fourth-order valence-electron chi connectivity index (χ4n) is 1.88. The number of carbonyl (C=O) groups excluding carboxylic acids is 1. The Morgan fingerprint density at radius 1 is 1.25 bits per heavy atom. The van der Waals surface area contributed by atoms with E-state index in [1.165, 1.54) is 18.9 Å². The number of carboxylic acid groups (broad SMARTS) is 1. The number of aliphatic carboxylic acids is 1. The molecule has 2 amide bonds. The number of para-hydroxylation sites is 1. The molecule has 0 bridgehead atoms. The van der Waals surface area contributed by atoms with Gasteiger partial charge in [0.2, 0.25) is 0 Å². The molecule has 0 saturated heterocycles. The van der Waals surface area contributed by atoms with Crippen LogP contribution >= 0.6 is 0 Å². The van der Waals surface area contributed by atoms with Gasteiger partial charge in [-0.3, -0.25) is 0 Å². The molecule has 1 aromatic carbocycles. The number of anilines is 1. The van der Waals surface area contributed by atoms with E-state index >= 15 is 0 Å². The molecule has 1 atom stereocenters. The van der Waals surface area contributed by atoms with E-state index in [0.29, 0.717) is 0 Å². The highest BCUT2D eigenvalue weighted by Gasteiger charge is 2.22. The first-order chi connectivity index (χ1) is 9.25. The molecule has 0 heterocycles. The quantitative estimate of drug-likeness (QED) is 0.889. The van der Waals surface area contributed by atoms with Crippen molar-refractivity contribution in [1.29, 1.82) is 0 Å². The van der Waals surface area contributed by atoms with E-state index in [1.54, 1.807) is 0 Å². The van der Waals surface area contributed by atoms with Crippen LogP contribution in [0.25, 0.3) is 0 Å². The van der Waals surface area contributed by atoms with E-state index in [2.05, 4.69) is 5.32 Å². The molecule has 0 aliphatic rings. The molecular weight excluding hydrogens is 256 g/mol. The molecule has 1 aromatic rings. The number of nitrogens with zero attached hydrogens (tertiary/aromatic N) is 1. The van der Waals surface area contributed by atoms with Gasteiger partial charge >= 0.3 is 12.0 Å². The van der Waals surface area contributed by atoms with Gasteiger partial charge in [-0.1, -0.05) is 32.0 Å². The number of hydrogen-bond donors (Lipinski definition) is 2. The molecule has 0 aliphatic carbocycles. The summed E-state index contributed by atoms with van der Waals surface area (Å²) < 4.78 is 0. The van der Waals surface area contributed by atoms with Crippen LogP contribution in [0.3, 0.4) is 0 Å². The van der Waals surface area contributed by atoms with Gasteiger partial charge in [-0.05, 0) is 30.9 Å². The Labute approximate surface area is 119 Å². The van der Waals surface area contributed by atoms with Crippen LogP contribution in [-0.2, 0) is 4.79 Å². The molecular formula is C15H22N2O3. The Balaban J connectivity index is 2.99. The van der Waals surface area contributed by atoms with Crippen LogP contribution in [0.1, 0.15) is 37.8 Å². The lowest BCUT2D eigenvalue weighted by molar-refractivity contribution is -0.141. The van der Waals surface area contributed by atoms with E-state index in [0.717, 1.165) is 16.8 Å². The topological polar surface area (TPSA) is 69.6 Å².